The fourth-order valence-electron chi connectivity index (χ4n) is 3.96. The molecule has 0 fully saturated rings. The summed E-state index contributed by atoms with van der Waals surface area (Å²) in [6.07, 6.45) is 0. The van der Waals surface area contributed by atoms with E-state index in [0.29, 0.717) is 11.3 Å². The molecule has 0 aliphatic heterocycles. The van der Waals surface area contributed by atoms with Gasteiger partial charge in [-0.15, -0.1) is 0 Å². The van der Waals surface area contributed by atoms with E-state index in [9.17, 15) is 23.3 Å². The Balaban J connectivity index is 1.64. The molecule has 37 heavy (non-hydrogen) atoms. The van der Waals surface area contributed by atoms with Crippen molar-refractivity contribution in [2.75, 3.05) is 18.0 Å². The molecule has 190 valence electrons. The molecule has 0 aliphatic rings. The highest BCUT2D eigenvalue weighted by Crippen LogP contribution is 2.29. The molecule has 0 spiro atoms. The summed E-state index contributed by atoms with van der Waals surface area (Å²) in [5, 5.41) is 16.2. The highest BCUT2D eigenvalue weighted by Gasteiger charge is 2.29. The second kappa shape index (κ2) is 10.7. The third kappa shape index (κ3) is 5.54. The number of nitro groups is 1. The number of rotatable bonds is 9. The van der Waals surface area contributed by atoms with Crippen molar-refractivity contribution < 1.29 is 22.9 Å². The van der Waals surface area contributed by atoms with Crippen molar-refractivity contribution in [3.8, 4) is 5.75 Å². The maximum absolute atomic E-state index is 13.7. The van der Waals surface area contributed by atoms with Crippen LogP contribution < -0.4 is 14.4 Å². The fourth-order valence-corrected chi connectivity index (χ4v) is 5.41. The number of nitrogens with one attached hydrogen (secondary N) is 1. The molecule has 4 aromatic carbocycles. The van der Waals surface area contributed by atoms with Crippen molar-refractivity contribution in [1.82, 2.24) is 5.32 Å². The zero-order chi connectivity index (χ0) is 26.6. The molecule has 0 aromatic heterocycles. The van der Waals surface area contributed by atoms with Gasteiger partial charge < -0.3 is 10.1 Å². The zero-order valence-electron chi connectivity index (χ0n) is 20.2. The van der Waals surface area contributed by atoms with E-state index < -0.39 is 27.4 Å². The lowest BCUT2D eigenvalue weighted by molar-refractivity contribution is -0.385. The molecule has 0 saturated carbocycles. The number of fused-ring (bicyclic) bond motifs is 1. The molecule has 0 unspecified atom stereocenters. The van der Waals surface area contributed by atoms with Crippen LogP contribution in [0.4, 0.5) is 11.4 Å². The average Bonchev–Trinajstić information content (AvgIpc) is 2.90. The van der Waals surface area contributed by atoms with Gasteiger partial charge in [-0.2, -0.15) is 0 Å². The van der Waals surface area contributed by atoms with Crippen LogP contribution in [0, 0.1) is 17.0 Å². The Kier molecular flexibility index (Phi) is 7.40. The third-order valence-electron chi connectivity index (χ3n) is 5.97. The third-order valence-corrected chi connectivity index (χ3v) is 7.74. The van der Waals surface area contributed by atoms with Gasteiger partial charge in [-0.1, -0.05) is 48.5 Å². The van der Waals surface area contributed by atoms with Crippen LogP contribution in [0.1, 0.15) is 11.1 Å². The Morgan fingerprint density at radius 3 is 2.41 bits per heavy atom. The summed E-state index contributed by atoms with van der Waals surface area (Å²) in [7, 11) is -2.85. The molecule has 0 radical (unpaired) electrons. The minimum atomic E-state index is -4.33. The molecule has 0 saturated heterocycles. The summed E-state index contributed by atoms with van der Waals surface area (Å²) in [5.41, 5.74) is 1.10. The number of aryl methyl sites for hydroxylation is 1. The predicted octanol–water partition coefficient (Wildman–Crippen LogP) is 4.58. The molecular weight excluding hydrogens is 494 g/mol. The van der Waals surface area contributed by atoms with E-state index in [2.05, 4.69) is 5.32 Å². The molecule has 4 rings (SSSR count). The molecule has 0 heterocycles. The van der Waals surface area contributed by atoms with Gasteiger partial charge in [-0.05, 0) is 53.6 Å². The first kappa shape index (κ1) is 25.6. The Hall–Kier alpha value is -4.44. The number of ether oxygens (including phenoxy) is 1. The molecule has 0 aliphatic carbocycles. The zero-order valence-corrected chi connectivity index (χ0v) is 21.1. The van der Waals surface area contributed by atoms with Gasteiger partial charge in [0.1, 0.15) is 12.3 Å². The molecule has 1 N–H and O–H groups in total. The van der Waals surface area contributed by atoms with Crippen molar-refractivity contribution in [1.29, 1.82) is 0 Å². The predicted molar refractivity (Wildman–Crippen MR) is 141 cm³/mol. The lowest BCUT2D eigenvalue weighted by Gasteiger charge is -2.24. The monoisotopic (exact) mass is 519 g/mol. The second-order valence-corrected chi connectivity index (χ2v) is 10.2. The van der Waals surface area contributed by atoms with Gasteiger partial charge in [0.05, 0.1) is 22.6 Å². The van der Waals surface area contributed by atoms with Crippen LogP contribution in [0.15, 0.2) is 89.8 Å². The molecule has 4 aromatic rings. The topological polar surface area (TPSA) is 119 Å². The van der Waals surface area contributed by atoms with Crippen LogP contribution >= 0.6 is 0 Å². The number of nitrogens with zero attached hydrogens (tertiary/aromatic N) is 2. The SMILES string of the molecule is COc1ccc(N(CC(=O)NCc2cccc3ccccc23)S(=O)(=O)c2ccc(C)c([N+](=O)[O-])c2)cc1. The first-order valence-corrected chi connectivity index (χ1v) is 12.8. The number of sulfonamides is 1. The standard InChI is InChI=1S/C27H25N3O6S/c1-19-10-15-24(16-26(19)30(32)33)37(34,35)29(22-11-13-23(36-2)14-12-22)18-27(31)28-17-21-8-5-7-20-6-3-4-9-25(20)21/h3-16H,17-18H2,1-2H3,(H,28,31). The number of anilines is 1. The van der Waals surface area contributed by atoms with Gasteiger partial charge in [-0.3, -0.25) is 19.2 Å². The Labute approximate surface area is 214 Å². The second-order valence-electron chi connectivity index (χ2n) is 8.33. The van der Waals surface area contributed by atoms with Crippen molar-refractivity contribution in [2.45, 2.75) is 18.4 Å². The van der Waals surface area contributed by atoms with E-state index in [-0.39, 0.29) is 22.8 Å². The molecule has 0 bridgehead atoms. The van der Waals surface area contributed by atoms with Crippen LogP contribution in [0.2, 0.25) is 0 Å². The van der Waals surface area contributed by atoms with E-state index in [1.165, 1.54) is 38.3 Å². The maximum Gasteiger partial charge on any atom is 0.273 e. The van der Waals surface area contributed by atoms with Crippen LogP contribution in [0.25, 0.3) is 10.8 Å². The minimum Gasteiger partial charge on any atom is -0.497 e. The lowest BCUT2D eigenvalue weighted by atomic mass is 10.0. The van der Waals surface area contributed by atoms with Crippen LogP contribution in [-0.4, -0.2) is 32.9 Å². The van der Waals surface area contributed by atoms with E-state index >= 15 is 0 Å². The summed E-state index contributed by atoms with van der Waals surface area (Å²) in [6.45, 7) is 1.20. The largest absolute Gasteiger partial charge is 0.497 e. The normalized spacial score (nSPS) is 11.2. The van der Waals surface area contributed by atoms with Crippen molar-refractivity contribution in [2.24, 2.45) is 0 Å². The summed E-state index contributed by atoms with van der Waals surface area (Å²) < 4.78 is 33.4. The van der Waals surface area contributed by atoms with Gasteiger partial charge in [0.25, 0.3) is 15.7 Å². The number of benzene rings is 4. The van der Waals surface area contributed by atoms with Crippen molar-refractivity contribution >= 4 is 38.1 Å². The Bertz CT molecular complexity index is 1560. The minimum absolute atomic E-state index is 0.201. The smallest absolute Gasteiger partial charge is 0.273 e. The number of methoxy groups -OCH3 is 1. The number of hydrogen-bond acceptors (Lipinski definition) is 6. The van der Waals surface area contributed by atoms with Crippen molar-refractivity contribution in [3.63, 3.8) is 0 Å². The fraction of sp³-hybridized carbons (Fsp3) is 0.148. The molecule has 0 atom stereocenters. The van der Waals surface area contributed by atoms with Gasteiger partial charge in [-0.25, -0.2) is 8.42 Å². The number of carbonyl (C=O) groups excluding carboxylic acids is 1. The van der Waals surface area contributed by atoms with Gasteiger partial charge >= 0.3 is 0 Å². The number of hydrogen-bond donors (Lipinski definition) is 1. The summed E-state index contributed by atoms with van der Waals surface area (Å²) in [6, 6.07) is 23.4. The average molecular weight is 520 g/mol. The van der Waals surface area contributed by atoms with Gasteiger partial charge in [0.2, 0.25) is 5.91 Å². The lowest BCUT2D eigenvalue weighted by Crippen LogP contribution is -2.40. The van der Waals surface area contributed by atoms with Crippen LogP contribution in [0.5, 0.6) is 5.75 Å². The van der Waals surface area contributed by atoms with E-state index in [0.717, 1.165) is 26.7 Å². The maximum atomic E-state index is 13.7. The molecule has 1 amide bonds. The highest BCUT2D eigenvalue weighted by atomic mass is 32.2. The first-order chi connectivity index (χ1) is 17.7. The summed E-state index contributed by atoms with van der Waals surface area (Å²) in [4.78, 5) is 23.5. The first-order valence-electron chi connectivity index (χ1n) is 11.4. The summed E-state index contributed by atoms with van der Waals surface area (Å²) >= 11 is 0. The summed E-state index contributed by atoms with van der Waals surface area (Å²) in [5.74, 6) is -0.0265. The highest BCUT2D eigenvalue weighted by molar-refractivity contribution is 7.92. The van der Waals surface area contributed by atoms with E-state index in [1.807, 2.05) is 42.5 Å². The Morgan fingerprint density at radius 1 is 1.00 bits per heavy atom. The van der Waals surface area contributed by atoms with Crippen molar-refractivity contribution in [3.05, 3.63) is 106 Å². The number of carbonyl (C=O) groups is 1. The van der Waals surface area contributed by atoms with Crippen LogP contribution in [-0.2, 0) is 21.4 Å². The van der Waals surface area contributed by atoms with Crippen LogP contribution in [0.3, 0.4) is 0 Å². The van der Waals surface area contributed by atoms with E-state index in [4.69, 9.17) is 4.74 Å². The molecule has 9 nitrogen and oxygen atoms in total. The van der Waals surface area contributed by atoms with E-state index in [1.54, 1.807) is 12.1 Å². The quantitative estimate of drug-likeness (QED) is 0.255. The van der Waals surface area contributed by atoms with Gasteiger partial charge in [0.15, 0.2) is 0 Å². The molecular formula is C27H25N3O6S. The number of nitro benzene ring substituents is 1. The molecule has 10 heteroatoms. The number of amides is 1. The van der Waals surface area contributed by atoms with Gasteiger partial charge in [0, 0.05) is 18.2 Å². The Morgan fingerprint density at radius 2 is 1.70 bits per heavy atom.